The summed E-state index contributed by atoms with van der Waals surface area (Å²) < 4.78 is 5.46. The van der Waals surface area contributed by atoms with E-state index in [2.05, 4.69) is 19.2 Å². The Morgan fingerprint density at radius 1 is 1.33 bits per heavy atom. The van der Waals surface area contributed by atoms with E-state index in [0.717, 1.165) is 45.3 Å². The molecule has 0 aromatic carbocycles. The van der Waals surface area contributed by atoms with Crippen LogP contribution in [0.15, 0.2) is 0 Å². The summed E-state index contributed by atoms with van der Waals surface area (Å²) in [5.74, 6) is 0. The van der Waals surface area contributed by atoms with Gasteiger partial charge >= 0.3 is 0 Å². The molecule has 90 valence electrons. The van der Waals surface area contributed by atoms with Gasteiger partial charge in [0.2, 0.25) is 0 Å². The molecule has 1 saturated carbocycles. The predicted molar refractivity (Wildman–Crippen MR) is 62.0 cm³/mol. The Bertz CT molecular complexity index is 162. The Morgan fingerprint density at radius 3 is 2.73 bits per heavy atom. The van der Waals surface area contributed by atoms with Gasteiger partial charge in [-0.3, -0.25) is 0 Å². The van der Waals surface area contributed by atoms with Crippen molar-refractivity contribution in [3.05, 3.63) is 0 Å². The smallest absolute Gasteiger partial charge is 0.0693 e. The van der Waals surface area contributed by atoms with Gasteiger partial charge in [0.05, 0.1) is 12.2 Å². The molecule has 3 heteroatoms. The summed E-state index contributed by atoms with van der Waals surface area (Å²) >= 11 is 0. The molecular formula is C12H25NO2. The Balaban J connectivity index is 1.88. The zero-order valence-corrected chi connectivity index (χ0v) is 10.0. The van der Waals surface area contributed by atoms with Crippen molar-refractivity contribution >= 4 is 0 Å². The van der Waals surface area contributed by atoms with Crippen molar-refractivity contribution in [2.75, 3.05) is 13.2 Å². The summed E-state index contributed by atoms with van der Waals surface area (Å²) in [6, 6.07) is 0.344. The second kappa shape index (κ2) is 7.20. The van der Waals surface area contributed by atoms with E-state index in [1.165, 1.54) is 0 Å². The summed E-state index contributed by atoms with van der Waals surface area (Å²) in [5, 5.41) is 13.0. The zero-order chi connectivity index (χ0) is 11.1. The molecule has 3 nitrogen and oxygen atoms in total. The summed E-state index contributed by atoms with van der Waals surface area (Å²) in [6.45, 7) is 5.98. The molecule has 0 aliphatic heterocycles. The molecule has 2 unspecified atom stereocenters. The van der Waals surface area contributed by atoms with E-state index in [-0.39, 0.29) is 6.10 Å². The molecule has 1 aliphatic carbocycles. The third kappa shape index (κ3) is 5.50. The summed E-state index contributed by atoms with van der Waals surface area (Å²) in [6.07, 6.45) is 5.73. The summed E-state index contributed by atoms with van der Waals surface area (Å²) in [4.78, 5) is 0. The molecule has 0 spiro atoms. The lowest BCUT2D eigenvalue weighted by Gasteiger charge is -2.16. The molecule has 0 bridgehead atoms. The number of rotatable bonds is 7. The molecule has 2 N–H and O–H groups in total. The number of aliphatic hydroxyl groups is 1. The highest BCUT2D eigenvalue weighted by Gasteiger charge is 2.23. The van der Waals surface area contributed by atoms with Gasteiger partial charge < -0.3 is 15.2 Å². The van der Waals surface area contributed by atoms with E-state index in [1.54, 1.807) is 0 Å². The average molecular weight is 215 g/mol. The molecule has 1 rings (SSSR count). The second-order valence-electron chi connectivity index (χ2n) is 4.69. The lowest BCUT2D eigenvalue weighted by atomic mass is 10.2. The van der Waals surface area contributed by atoms with Gasteiger partial charge in [-0.05, 0) is 52.5 Å². The van der Waals surface area contributed by atoms with Crippen molar-refractivity contribution in [1.82, 2.24) is 5.32 Å². The van der Waals surface area contributed by atoms with Crippen LogP contribution in [0.25, 0.3) is 0 Å². The average Bonchev–Trinajstić information content (AvgIpc) is 2.57. The van der Waals surface area contributed by atoms with Crippen LogP contribution in [-0.2, 0) is 4.74 Å². The molecule has 15 heavy (non-hydrogen) atoms. The van der Waals surface area contributed by atoms with Crippen LogP contribution in [0.5, 0.6) is 0 Å². The molecule has 0 aromatic rings. The zero-order valence-electron chi connectivity index (χ0n) is 10.0. The molecule has 0 heterocycles. The highest BCUT2D eigenvalue weighted by atomic mass is 16.5. The van der Waals surface area contributed by atoms with Crippen molar-refractivity contribution in [3.63, 3.8) is 0 Å². The van der Waals surface area contributed by atoms with Crippen molar-refractivity contribution in [2.45, 2.75) is 64.2 Å². The normalized spacial score (nSPS) is 26.4. The highest BCUT2D eigenvalue weighted by Crippen LogP contribution is 2.18. The Kier molecular flexibility index (Phi) is 6.22. The van der Waals surface area contributed by atoms with E-state index in [1.807, 2.05) is 0 Å². The van der Waals surface area contributed by atoms with E-state index < -0.39 is 0 Å². The molecule has 1 fully saturated rings. The van der Waals surface area contributed by atoms with Crippen molar-refractivity contribution in [1.29, 1.82) is 0 Å². The van der Waals surface area contributed by atoms with Gasteiger partial charge in [0, 0.05) is 12.6 Å². The van der Waals surface area contributed by atoms with Gasteiger partial charge in [-0.25, -0.2) is 0 Å². The minimum absolute atomic E-state index is 0.114. The minimum atomic E-state index is -0.114. The molecule has 1 aliphatic rings. The number of hydrogen-bond acceptors (Lipinski definition) is 3. The van der Waals surface area contributed by atoms with Crippen LogP contribution in [0.1, 0.15) is 46.0 Å². The number of hydrogen-bond donors (Lipinski definition) is 2. The van der Waals surface area contributed by atoms with E-state index in [4.69, 9.17) is 4.74 Å². The van der Waals surface area contributed by atoms with Crippen LogP contribution in [0.4, 0.5) is 0 Å². The quantitative estimate of drug-likeness (QED) is 0.635. The van der Waals surface area contributed by atoms with E-state index >= 15 is 0 Å². The van der Waals surface area contributed by atoms with E-state index in [0.29, 0.717) is 12.1 Å². The third-order valence-electron chi connectivity index (χ3n) is 2.91. The topological polar surface area (TPSA) is 41.5 Å². The predicted octanol–water partition coefficient (Wildman–Crippen LogP) is 1.69. The van der Waals surface area contributed by atoms with E-state index in [9.17, 15) is 5.11 Å². The fourth-order valence-corrected chi connectivity index (χ4v) is 2.01. The van der Waals surface area contributed by atoms with Crippen LogP contribution < -0.4 is 5.32 Å². The number of nitrogens with one attached hydrogen (secondary N) is 1. The Morgan fingerprint density at radius 2 is 2.13 bits per heavy atom. The first-order valence-electron chi connectivity index (χ1n) is 6.23. The third-order valence-corrected chi connectivity index (χ3v) is 2.91. The maximum Gasteiger partial charge on any atom is 0.0693 e. The monoisotopic (exact) mass is 215 g/mol. The SMILES string of the molecule is CC(C)OCCCCNC1CCCC1O. The Labute approximate surface area is 93.2 Å². The fourth-order valence-electron chi connectivity index (χ4n) is 2.01. The first kappa shape index (κ1) is 12.9. The molecule has 0 saturated heterocycles. The standard InChI is InChI=1S/C12H25NO2/c1-10(2)15-9-4-3-8-13-11-6-5-7-12(11)14/h10-14H,3-9H2,1-2H3. The first-order chi connectivity index (χ1) is 7.20. The highest BCUT2D eigenvalue weighted by molar-refractivity contribution is 4.82. The lowest BCUT2D eigenvalue weighted by molar-refractivity contribution is 0.0756. The molecule has 0 amide bonds. The van der Waals surface area contributed by atoms with Gasteiger partial charge in [0.1, 0.15) is 0 Å². The molecule has 0 radical (unpaired) electrons. The van der Waals surface area contributed by atoms with Crippen LogP contribution >= 0.6 is 0 Å². The van der Waals surface area contributed by atoms with Crippen molar-refractivity contribution in [3.8, 4) is 0 Å². The summed E-state index contributed by atoms with van der Waals surface area (Å²) in [7, 11) is 0. The Hall–Kier alpha value is -0.120. The maximum absolute atomic E-state index is 9.58. The number of aliphatic hydroxyl groups excluding tert-OH is 1. The van der Waals surface area contributed by atoms with Gasteiger partial charge in [-0.15, -0.1) is 0 Å². The summed E-state index contributed by atoms with van der Waals surface area (Å²) in [5.41, 5.74) is 0. The van der Waals surface area contributed by atoms with Gasteiger partial charge in [0.25, 0.3) is 0 Å². The number of ether oxygens (including phenoxy) is 1. The van der Waals surface area contributed by atoms with Gasteiger partial charge in [-0.2, -0.15) is 0 Å². The molecule has 0 aromatic heterocycles. The maximum atomic E-state index is 9.58. The van der Waals surface area contributed by atoms with Gasteiger partial charge in [-0.1, -0.05) is 0 Å². The first-order valence-corrected chi connectivity index (χ1v) is 6.23. The van der Waals surface area contributed by atoms with Crippen LogP contribution in [0.3, 0.4) is 0 Å². The number of unbranched alkanes of at least 4 members (excludes halogenated alkanes) is 1. The van der Waals surface area contributed by atoms with Crippen LogP contribution in [0, 0.1) is 0 Å². The fraction of sp³-hybridized carbons (Fsp3) is 1.00. The molecule has 2 atom stereocenters. The van der Waals surface area contributed by atoms with Crippen molar-refractivity contribution < 1.29 is 9.84 Å². The lowest BCUT2D eigenvalue weighted by Crippen LogP contribution is -2.36. The minimum Gasteiger partial charge on any atom is -0.392 e. The van der Waals surface area contributed by atoms with Gasteiger partial charge in [0.15, 0.2) is 0 Å². The molecular weight excluding hydrogens is 190 g/mol. The van der Waals surface area contributed by atoms with Crippen LogP contribution in [-0.4, -0.2) is 36.5 Å². The largest absolute Gasteiger partial charge is 0.392 e. The second-order valence-corrected chi connectivity index (χ2v) is 4.69. The van der Waals surface area contributed by atoms with Crippen molar-refractivity contribution in [2.24, 2.45) is 0 Å². The van der Waals surface area contributed by atoms with Crippen LogP contribution in [0.2, 0.25) is 0 Å².